The highest BCUT2D eigenvalue weighted by atomic mass is 16.6. The van der Waals surface area contributed by atoms with E-state index in [1.54, 1.807) is 12.3 Å². The van der Waals surface area contributed by atoms with Crippen molar-refractivity contribution in [3.8, 4) is 0 Å². The zero-order chi connectivity index (χ0) is 22.8. The van der Waals surface area contributed by atoms with Crippen molar-refractivity contribution >= 4 is 22.8 Å². The largest absolute Gasteiger partial charge is 0.462 e. The lowest BCUT2D eigenvalue weighted by Crippen LogP contribution is -2.40. The predicted molar refractivity (Wildman–Crippen MR) is 114 cm³/mol. The molecule has 7 N–H and O–H groups in total. The van der Waals surface area contributed by atoms with Gasteiger partial charge >= 0.3 is 5.97 Å². The van der Waals surface area contributed by atoms with Gasteiger partial charge in [0.25, 0.3) is 0 Å². The van der Waals surface area contributed by atoms with Crippen molar-refractivity contribution in [3.63, 3.8) is 0 Å². The topological polar surface area (TPSA) is 164 Å². The number of allylic oxidation sites excluding steroid dienone is 1. The Hall–Kier alpha value is -3.18. The number of aromatic nitrogens is 1. The Morgan fingerprint density at radius 3 is 2.84 bits per heavy atom. The van der Waals surface area contributed by atoms with Gasteiger partial charge in [-0.25, -0.2) is 0 Å². The SMILES string of the molecule is NC(=O)C1=CN([C@@H]2OC(COC(=O)[C@@H](N)Cc3c[nH]c4ccccc34)[C@@H](O)[C@H]2O)C=CC1. The number of ether oxygens (including phenoxy) is 2. The molecule has 0 aliphatic carbocycles. The molecule has 1 aromatic carbocycles. The fourth-order valence-electron chi connectivity index (χ4n) is 3.90. The fourth-order valence-corrected chi connectivity index (χ4v) is 3.90. The third kappa shape index (κ3) is 4.39. The number of fused-ring (bicyclic) bond motifs is 1. The lowest BCUT2D eigenvalue weighted by Gasteiger charge is -2.28. The highest BCUT2D eigenvalue weighted by molar-refractivity contribution is 5.92. The summed E-state index contributed by atoms with van der Waals surface area (Å²) in [7, 11) is 0. The number of nitrogens with zero attached hydrogens (tertiary/aromatic N) is 1. The number of benzene rings is 1. The molecule has 2 aliphatic rings. The van der Waals surface area contributed by atoms with Crippen LogP contribution in [0.3, 0.4) is 0 Å². The number of aliphatic hydroxyl groups is 2. The first-order chi connectivity index (χ1) is 15.3. The van der Waals surface area contributed by atoms with E-state index in [0.717, 1.165) is 16.5 Å². The number of H-pyrrole nitrogens is 1. The van der Waals surface area contributed by atoms with Crippen LogP contribution in [0.4, 0.5) is 0 Å². The van der Waals surface area contributed by atoms with E-state index in [0.29, 0.717) is 12.0 Å². The number of hydrogen-bond acceptors (Lipinski definition) is 8. The second-order valence-electron chi connectivity index (χ2n) is 7.90. The molecule has 5 atom stereocenters. The Kier molecular flexibility index (Phi) is 6.28. The van der Waals surface area contributed by atoms with Crippen LogP contribution in [0.15, 0.2) is 54.5 Å². The summed E-state index contributed by atoms with van der Waals surface area (Å²) in [5.41, 5.74) is 13.5. The molecule has 2 aliphatic heterocycles. The van der Waals surface area contributed by atoms with Crippen molar-refractivity contribution in [3.05, 3.63) is 60.1 Å². The second-order valence-corrected chi connectivity index (χ2v) is 7.90. The van der Waals surface area contributed by atoms with Gasteiger partial charge in [-0.15, -0.1) is 0 Å². The van der Waals surface area contributed by atoms with Gasteiger partial charge in [-0.05, 0) is 18.1 Å². The van der Waals surface area contributed by atoms with Gasteiger partial charge in [0.1, 0.15) is 31.0 Å². The average Bonchev–Trinajstić information content (AvgIpc) is 3.33. The first kappa shape index (κ1) is 22.0. The van der Waals surface area contributed by atoms with Crippen LogP contribution in [0.2, 0.25) is 0 Å². The number of para-hydroxylation sites is 1. The molecule has 32 heavy (non-hydrogen) atoms. The van der Waals surface area contributed by atoms with E-state index in [1.165, 1.54) is 11.1 Å². The second kappa shape index (κ2) is 9.13. The molecule has 0 bridgehead atoms. The quantitative estimate of drug-likeness (QED) is 0.362. The highest BCUT2D eigenvalue weighted by Crippen LogP contribution is 2.27. The number of esters is 1. The maximum absolute atomic E-state index is 12.4. The van der Waals surface area contributed by atoms with Crippen molar-refractivity contribution in [1.29, 1.82) is 0 Å². The summed E-state index contributed by atoms with van der Waals surface area (Å²) in [5, 5.41) is 21.7. The molecule has 10 nitrogen and oxygen atoms in total. The highest BCUT2D eigenvalue weighted by Gasteiger charge is 2.45. The third-order valence-electron chi connectivity index (χ3n) is 5.68. The maximum Gasteiger partial charge on any atom is 0.323 e. The maximum atomic E-state index is 12.4. The van der Waals surface area contributed by atoms with Gasteiger partial charge in [-0.2, -0.15) is 0 Å². The van der Waals surface area contributed by atoms with E-state index in [2.05, 4.69) is 4.98 Å². The Morgan fingerprint density at radius 1 is 1.28 bits per heavy atom. The van der Waals surface area contributed by atoms with Gasteiger partial charge in [-0.1, -0.05) is 24.3 Å². The summed E-state index contributed by atoms with van der Waals surface area (Å²) in [4.78, 5) is 28.4. The van der Waals surface area contributed by atoms with Crippen LogP contribution in [-0.4, -0.2) is 69.2 Å². The Bertz CT molecular complexity index is 1060. The minimum Gasteiger partial charge on any atom is -0.462 e. The number of hydrogen-bond donors (Lipinski definition) is 5. The molecule has 0 spiro atoms. The number of carbonyl (C=O) groups excluding carboxylic acids is 2. The molecule has 2 aromatic rings. The number of aromatic amines is 1. The normalized spacial score (nSPS) is 26.2. The number of amides is 1. The van der Waals surface area contributed by atoms with Gasteiger partial charge in [0.05, 0.1) is 0 Å². The zero-order valence-corrected chi connectivity index (χ0v) is 17.3. The molecular formula is C22H26N4O6. The van der Waals surface area contributed by atoms with Gasteiger partial charge < -0.3 is 41.0 Å². The fraction of sp³-hybridized carbons (Fsp3) is 0.364. The van der Waals surface area contributed by atoms with Crippen molar-refractivity contribution < 1.29 is 29.3 Å². The van der Waals surface area contributed by atoms with Crippen LogP contribution >= 0.6 is 0 Å². The van der Waals surface area contributed by atoms with Crippen molar-refractivity contribution in [2.24, 2.45) is 11.5 Å². The van der Waals surface area contributed by atoms with Crippen LogP contribution in [0.5, 0.6) is 0 Å². The van der Waals surface area contributed by atoms with E-state index in [9.17, 15) is 19.8 Å². The molecule has 0 saturated carbocycles. The summed E-state index contributed by atoms with van der Waals surface area (Å²) in [5.74, 6) is -1.22. The van der Waals surface area contributed by atoms with Gasteiger partial charge in [0.15, 0.2) is 6.23 Å². The number of primary amides is 1. The van der Waals surface area contributed by atoms with Gasteiger partial charge in [-0.3, -0.25) is 9.59 Å². The minimum absolute atomic E-state index is 0.279. The summed E-state index contributed by atoms with van der Waals surface area (Å²) in [6, 6.07) is 6.79. The number of nitrogens with one attached hydrogen (secondary N) is 1. The van der Waals surface area contributed by atoms with Crippen LogP contribution in [0, 0.1) is 0 Å². The number of nitrogens with two attached hydrogens (primary N) is 2. The minimum atomic E-state index is -1.29. The molecule has 10 heteroatoms. The molecule has 1 saturated heterocycles. The predicted octanol–water partition coefficient (Wildman–Crippen LogP) is -0.384. The van der Waals surface area contributed by atoms with Crippen molar-refractivity contribution in [1.82, 2.24) is 9.88 Å². The van der Waals surface area contributed by atoms with E-state index in [-0.39, 0.29) is 13.0 Å². The van der Waals surface area contributed by atoms with Crippen molar-refractivity contribution in [2.75, 3.05) is 6.61 Å². The zero-order valence-electron chi connectivity index (χ0n) is 17.3. The van der Waals surface area contributed by atoms with E-state index in [4.69, 9.17) is 20.9 Å². The monoisotopic (exact) mass is 442 g/mol. The van der Waals surface area contributed by atoms with E-state index >= 15 is 0 Å². The standard InChI is InChI=1S/C22H26N4O6/c23-15(8-13-9-25-16-6-2-1-5-14(13)16)22(30)31-11-17-18(27)19(28)21(32-17)26-7-3-4-12(10-26)20(24)29/h1-3,5-7,9-10,15,17-19,21,25,27-28H,4,8,11,23H2,(H2,24,29)/t15-,17?,18+,19+,21+/m0/s1. The summed E-state index contributed by atoms with van der Waals surface area (Å²) < 4.78 is 11.0. The lowest BCUT2D eigenvalue weighted by molar-refractivity contribution is -0.152. The van der Waals surface area contributed by atoms with E-state index in [1.807, 2.05) is 30.5 Å². The third-order valence-corrected chi connectivity index (χ3v) is 5.68. The summed E-state index contributed by atoms with van der Waals surface area (Å²) in [6.07, 6.45) is 2.74. The molecule has 1 unspecified atom stereocenters. The molecule has 1 aromatic heterocycles. The lowest BCUT2D eigenvalue weighted by atomic mass is 10.1. The molecule has 170 valence electrons. The van der Waals surface area contributed by atoms with Crippen LogP contribution in [0.25, 0.3) is 10.9 Å². The molecule has 4 rings (SSSR count). The Morgan fingerprint density at radius 2 is 2.06 bits per heavy atom. The van der Waals surface area contributed by atoms with Crippen LogP contribution in [0.1, 0.15) is 12.0 Å². The molecule has 3 heterocycles. The Balaban J connectivity index is 1.34. The van der Waals surface area contributed by atoms with Crippen LogP contribution < -0.4 is 11.5 Å². The number of rotatable bonds is 7. The number of carbonyl (C=O) groups is 2. The Labute approximate surface area is 184 Å². The molecular weight excluding hydrogens is 416 g/mol. The van der Waals surface area contributed by atoms with Crippen molar-refractivity contribution in [2.45, 2.75) is 43.4 Å². The summed E-state index contributed by atoms with van der Waals surface area (Å²) in [6.45, 7) is -0.279. The van der Waals surface area contributed by atoms with E-state index < -0.39 is 42.5 Å². The molecule has 1 fully saturated rings. The molecule has 0 radical (unpaired) electrons. The molecule has 1 amide bonds. The first-order valence-corrected chi connectivity index (χ1v) is 10.3. The van der Waals surface area contributed by atoms with Gasteiger partial charge in [0, 0.05) is 41.5 Å². The first-order valence-electron chi connectivity index (χ1n) is 10.3. The van der Waals surface area contributed by atoms with Crippen LogP contribution in [-0.2, 0) is 25.5 Å². The average molecular weight is 442 g/mol. The number of aliphatic hydroxyl groups excluding tert-OH is 2. The summed E-state index contributed by atoms with van der Waals surface area (Å²) >= 11 is 0. The smallest absolute Gasteiger partial charge is 0.323 e. The van der Waals surface area contributed by atoms with Gasteiger partial charge in [0.2, 0.25) is 5.91 Å².